The number of carbonyl (C=O) groups excluding carboxylic acids is 1. The Morgan fingerprint density at radius 2 is 2.18 bits per heavy atom. The molecule has 0 aliphatic heterocycles. The molecule has 0 saturated heterocycles. The van der Waals surface area contributed by atoms with Crippen LogP contribution < -0.4 is 5.32 Å². The van der Waals surface area contributed by atoms with Gasteiger partial charge in [0, 0.05) is 25.2 Å². The smallest absolute Gasteiger partial charge is 0.236 e. The van der Waals surface area contributed by atoms with Gasteiger partial charge in [-0.05, 0) is 30.7 Å². The maximum Gasteiger partial charge on any atom is 0.236 e. The molecule has 1 N–H and O–H groups in total. The molecule has 0 saturated carbocycles. The van der Waals surface area contributed by atoms with Gasteiger partial charge in [0.1, 0.15) is 5.82 Å². The molecule has 0 atom stereocenters. The van der Waals surface area contributed by atoms with E-state index >= 15 is 0 Å². The first-order valence-corrected chi connectivity index (χ1v) is 5.80. The van der Waals surface area contributed by atoms with E-state index in [0.717, 1.165) is 5.56 Å². The van der Waals surface area contributed by atoms with E-state index < -0.39 is 0 Å². The molecule has 17 heavy (non-hydrogen) atoms. The second kappa shape index (κ2) is 6.57. The lowest BCUT2D eigenvalue weighted by Gasteiger charge is -2.14. The molecule has 0 aromatic heterocycles. The largest absolute Gasteiger partial charge is 0.345 e. The summed E-state index contributed by atoms with van der Waals surface area (Å²) in [5.41, 5.74) is 0.724. The highest BCUT2D eigenvalue weighted by Crippen LogP contribution is 2.13. The average molecular weight is 259 g/mol. The number of hydrogen-bond acceptors (Lipinski definition) is 2. The Bertz CT molecular complexity index is 378. The molecule has 5 heteroatoms. The fourth-order valence-corrected chi connectivity index (χ4v) is 1.58. The Kier molecular flexibility index (Phi) is 5.38. The van der Waals surface area contributed by atoms with Gasteiger partial charge in [-0.15, -0.1) is 0 Å². The van der Waals surface area contributed by atoms with E-state index in [1.807, 2.05) is 6.92 Å². The van der Waals surface area contributed by atoms with E-state index in [4.69, 9.17) is 11.6 Å². The van der Waals surface area contributed by atoms with Crippen molar-refractivity contribution in [1.29, 1.82) is 0 Å². The molecule has 94 valence electrons. The van der Waals surface area contributed by atoms with Crippen molar-refractivity contribution in [3.63, 3.8) is 0 Å². The lowest BCUT2D eigenvalue weighted by Crippen LogP contribution is -2.35. The highest BCUT2D eigenvalue weighted by molar-refractivity contribution is 6.30. The van der Waals surface area contributed by atoms with Gasteiger partial charge in [0.25, 0.3) is 0 Å². The van der Waals surface area contributed by atoms with Crippen LogP contribution in [-0.2, 0) is 11.3 Å². The third kappa shape index (κ3) is 4.71. The summed E-state index contributed by atoms with van der Waals surface area (Å²) in [6, 6.07) is 4.32. The summed E-state index contributed by atoms with van der Waals surface area (Å²) >= 11 is 5.72. The molecule has 1 aromatic carbocycles. The molecule has 0 radical (unpaired) electrons. The summed E-state index contributed by atoms with van der Waals surface area (Å²) in [4.78, 5) is 13.1. The van der Waals surface area contributed by atoms with Crippen LogP contribution in [0.15, 0.2) is 18.2 Å². The van der Waals surface area contributed by atoms with Crippen LogP contribution in [0.1, 0.15) is 12.5 Å². The van der Waals surface area contributed by atoms with Gasteiger partial charge in [0.2, 0.25) is 5.91 Å². The number of carbonyl (C=O) groups is 1. The van der Waals surface area contributed by atoms with Gasteiger partial charge < -0.3 is 10.2 Å². The average Bonchev–Trinajstić information content (AvgIpc) is 2.26. The van der Waals surface area contributed by atoms with E-state index in [0.29, 0.717) is 18.1 Å². The minimum absolute atomic E-state index is 0.00926. The molecule has 1 rings (SSSR count). The number of hydrogen-bond donors (Lipinski definition) is 1. The van der Waals surface area contributed by atoms with E-state index in [9.17, 15) is 9.18 Å². The molecule has 0 unspecified atom stereocenters. The monoisotopic (exact) mass is 258 g/mol. The first-order valence-electron chi connectivity index (χ1n) is 5.42. The number of benzene rings is 1. The summed E-state index contributed by atoms with van der Waals surface area (Å²) < 4.78 is 13.0. The normalized spacial score (nSPS) is 10.4. The van der Waals surface area contributed by atoms with Gasteiger partial charge in [-0.25, -0.2) is 4.39 Å². The van der Waals surface area contributed by atoms with Gasteiger partial charge in [-0.2, -0.15) is 0 Å². The highest BCUT2D eigenvalue weighted by Gasteiger charge is 2.05. The lowest BCUT2D eigenvalue weighted by atomic mass is 10.2. The van der Waals surface area contributed by atoms with E-state index in [2.05, 4.69) is 5.32 Å². The van der Waals surface area contributed by atoms with Crippen LogP contribution in [0.25, 0.3) is 0 Å². The molecular weight excluding hydrogens is 243 g/mol. The molecule has 0 heterocycles. The molecule has 0 aliphatic rings. The topological polar surface area (TPSA) is 32.3 Å². The maximum atomic E-state index is 13.0. The Morgan fingerprint density at radius 3 is 2.76 bits per heavy atom. The van der Waals surface area contributed by atoms with Crippen molar-refractivity contribution >= 4 is 17.5 Å². The van der Waals surface area contributed by atoms with E-state index in [1.54, 1.807) is 18.0 Å². The summed E-state index contributed by atoms with van der Waals surface area (Å²) in [5.74, 6) is -0.360. The molecule has 3 nitrogen and oxygen atoms in total. The molecule has 0 bridgehead atoms. The van der Waals surface area contributed by atoms with Gasteiger partial charge in [-0.1, -0.05) is 11.6 Å². The molecule has 1 aromatic rings. The molecule has 1 amide bonds. The van der Waals surface area contributed by atoms with Crippen LogP contribution in [0.4, 0.5) is 4.39 Å². The molecule has 0 spiro atoms. The predicted molar refractivity (Wildman–Crippen MR) is 66.4 cm³/mol. The summed E-state index contributed by atoms with van der Waals surface area (Å²) in [6.07, 6.45) is 0. The van der Waals surface area contributed by atoms with Crippen molar-refractivity contribution in [2.75, 3.05) is 20.1 Å². The Labute approximate surface area is 106 Å². The van der Waals surface area contributed by atoms with Crippen molar-refractivity contribution in [2.45, 2.75) is 13.5 Å². The maximum absolute atomic E-state index is 13.0. The first-order chi connectivity index (χ1) is 8.02. The standard InChI is InChI=1S/C12H16ClFN2O/c1-3-16(2)12(17)8-15-7-9-4-10(13)6-11(14)5-9/h4-6,15H,3,7-8H2,1-2H3. The third-order valence-corrected chi connectivity index (χ3v) is 2.65. The van der Waals surface area contributed by atoms with Crippen molar-refractivity contribution in [3.05, 3.63) is 34.6 Å². The lowest BCUT2D eigenvalue weighted by molar-refractivity contribution is -0.128. The number of rotatable bonds is 5. The van der Waals surface area contributed by atoms with Crippen LogP contribution in [0.3, 0.4) is 0 Å². The van der Waals surface area contributed by atoms with Crippen LogP contribution >= 0.6 is 11.6 Å². The van der Waals surface area contributed by atoms with Crippen LogP contribution in [-0.4, -0.2) is 30.9 Å². The van der Waals surface area contributed by atoms with Crippen LogP contribution in [0.2, 0.25) is 5.02 Å². The second-order valence-corrected chi connectivity index (χ2v) is 4.23. The van der Waals surface area contributed by atoms with Crippen LogP contribution in [0, 0.1) is 5.82 Å². The highest BCUT2D eigenvalue weighted by atomic mass is 35.5. The summed E-state index contributed by atoms with van der Waals surface area (Å²) in [6.45, 7) is 3.23. The van der Waals surface area contributed by atoms with Crippen molar-refractivity contribution in [1.82, 2.24) is 10.2 Å². The van der Waals surface area contributed by atoms with Crippen molar-refractivity contribution in [2.24, 2.45) is 0 Å². The Balaban J connectivity index is 2.43. The van der Waals surface area contributed by atoms with E-state index in [-0.39, 0.29) is 18.3 Å². The molecule has 0 aliphatic carbocycles. The van der Waals surface area contributed by atoms with Gasteiger partial charge in [0.15, 0.2) is 0 Å². The zero-order valence-corrected chi connectivity index (χ0v) is 10.7. The van der Waals surface area contributed by atoms with Crippen molar-refractivity contribution in [3.8, 4) is 0 Å². The van der Waals surface area contributed by atoms with Crippen LogP contribution in [0.5, 0.6) is 0 Å². The number of nitrogens with zero attached hydrogens (tertiary/aromatic N) is 1. The first kappa shape index (κ1) is 13.9. The number of halogens is 2. The van der Waals surface area contributed by atoms with Gasteiger partial charge in [0.05, 0.1) is 6.54 Å². The zero-order valence-electron chi connectivity index (χ0n) is 9.96. The third-order valence-electron chi connectivity index (χ3n) is 2.43. The van der Waals surface area contributed by atoms with Crippen molar-refractivity contribution < 1.29 is 9.18 Å². The Morgan fingerprint density at radius 1 is 1.47 bits per heavy atom. The predicted octanol–water partition coefficient (Wildman–Crippen LogP) is 2.05. The van der Waals surface area contributed by atoms with Gasteiger partial charge >= 0.3 is 0 Å². The fourth-order valence-electron chi connectivity index (χ4n) is 1.34. The molecular formula is C12H16ClFN2O. The molecule has 0 fully saturated rings. The minimum Gasteiger partial charge on any atom is -0.345 e. The second-order valence-electron chi connectivity index (χ2n) is 3.79. The number of amides is 1. The Hall–Kier alpha value is -1.13. The zero-order chi connectivity index (χ0) is 12.8. The summed E-state index contributed by atoms with van der Waals surface area (Å²) in [5, 5.41) is 3.31. The minimum atomic E-state index is -0.369. The number of nitrogens with one attached hydrogen (secondary N) is 1. The summed E-state index contributed by atoms with van der Waals surface area (Å²) in [7, 11) is 1.74. The SMILES string of the molecule is CCN(C)C(=O)CNCc1cc(F)cc(Cl)c1. The number of likely N-dealkylation sites (N-methyl/N-ethyl adjacent to an activating group) is 1. The van der Waals surface area contributed by atoms with E-state index in [1.165, 1.54) is 12.1 Å². The van der Waals surface area contributed by atoms with Gasteiger partial charge in [-0.3, -0.25) is 4.79 Å². The quantitative estimate of drug-likeness (QED) is 0.877. The fraction of sp³-hybridized carbons (Fsp3) is 0.417.